The number of carbonyl (C=O) groups excluding carboxylic acids is 1. The maximum atomic E-state index is 12.1. The number of anilines is 2. The van der Waals surface area contributed by atoms with E-state index in [2.05, 4.69) is 27.8 Å². The molecule has 2 aromatic rings. The number of halogens is 1. The van der Waals surface area contributed by atoms with Crippen LogP contribution in [0.15, 0.2) is 18.2 Å². The summed E-state index contributed by atoms with van der Waals surface area (Å²) in [4.78, 5) is 12.1. The van der Waals surface area contributed by atoms with Gasteiger partial charge in [-0.05, 0) is 31.0 Å². The molecule has 1 amide bonds. The molecule has 0 radical (unpaired) electrons. The molecule has 0 spiro atoms. The number of hydrogen-bond acceptors (Lipinski definition) is 5. The van der Waals surface area contributed by atoms with E-state index in [9.17, 15) is 4.79 Å². The second-order valence-electron chi connectivity index (χ2n) is 4.21. The number of benzene rings is 1. The van der Waals surface area contributed by atoms with Crippen molar-refractivity contribution in [2.45, 2.75) is 20.3 Å². The van der Waals surface area contributed by atoms with Crippen LogP contribution in [0.25, 0.3) is 0 Å². The van der Waals surface area contributed by atoms with E-state index in [4.69, 9.17) is 11.6 Å². The van der Waals surface area contributed by atoms with Gasteiger partial charge in [-0.2, -0.15) is 0 Å². The lowest BCUT2D eigenvalue weighted by molar-refractivity contribution is 0.102. The monoisotopic (exact) mass is 310 g/mol. The third-order valence-electron chi connectivity index (χ3n) is 2.66. The highest BCUT2D eigenvalue weighted by Crippen LogP contribution is 2.24. The van der Waals surface area contributed by atoms with Gasteiger partial charge in [-0.15, -0.1) is 10.2 Å². The van der Waals surface area contributed by atoms with E-state index in [1.54, 1.807) is 18.2 Å². The van der Waals surface area contributed by atoms with Gasteiger partial charge in [0.25, 0.3) is 5.91 Å². The van der Waals surface area contributed by atoms with Gasteiger partial charge in [0.1, 0.15) is 0 Å². The molecule has 0 unspecified atom stereocenters. The number of amides is 1. The summed E-state index contributed by atoms with van der Waals surface area (Å²) in [5.74, 6) is -0.280. The highest BCUT2D eigenvalue weighted by atomic mass is 35.5. The summed E-state index contributed by atoms with van der Waals surface area (Å²) in [6.07, 6.45) is 0.989. The number of carbonyl (C=O) groups is 1. The fourth-order valence-electron chi connectivity index (χ4n) is 1.54. The minimum absolute atomic E-state index is 0.280. The average Bonchev–Trinajstić information content (AvgIpc) is 2.90. The van der Waals surface area contributed by atoms with Gasteiger partial charge >= 0.3 is 0 Å². The Morgan fingerprint density at radius 1 is 1.40 bits per heavy atom. The lowest BCUT2D eigenvalue weighted by atomic mass is 10.2. The topological polar surface area (TPSA) is 66.9 Å². The lowest BCUT2D eigenvalue weighted by Gasteiger charge is -2.07. The first-order chi connectivity index (χ1) is 9.61. The minimum atomic E-state index is -0.280. The third kappa shape index (κ3) is 3.46. The van der Waals surface area contributed by atoms with Crippen LogP contribution in [0, 0.1) is 6.92 Å². The van der Waals surface area contributed by atoms with Crippen LogP contribution in [-0.4, -0.2) is 22.6 Å². The highest BCUT2D eigenvalue weighted by molar-refractivity contribution is 7.17. The van der Waals surface area contributed by atoms with E-state index >= 15 is 0 Å². The summed E-state index contributed by atoms with van der Waals surface area (Å²) in [6.45, 7) is 4.72. The standard InChI is InChI=1S/C13H15ClN4OS/c1-3-7-15-13-18-17-12(20-13)11(19)16-10-6-4-5-9(14)8(10)2/h4-6H,3,7H2,1-2H3,(H,15,18)(H,16,19). The normalized spacial score (nSPS) is 10.3. The molecule has 0 saturated carbocycles. The highest BCUT2D eigenvalue weighted by Gasteiger charge is 2.14. The molecule has 7 heteroatoms. The Balaban J connectivity index is 2.08. The Morgan fingerprint density at radius 3 is 2.95 bits per heavy atom. The average molecular weight is 311 g/mol. The Morgan fingerprint density at radius 2 is 2.20 bits per heavy atom. The van der Waals surface area contributed by atoms with Gasteiger partial charge in [0, 0.05) is 17.3 Å². The minimum Gasteiger partial charge on any atom is -0.360 e. The summed E-state index contributed by atoms with van der Waals surface area (Å²) in [5, 5.41) is 15.3. The fourth-order valence-corrected chi connectivity index (χ4v) is 2.38. The van der Waals surface area contributed by atoms with Crippen LogP contribution in [0.4, 0.5) is 10.8 Å². The number of nitrogens with zero attached hydrogens (tertiary/aromatic N) is 2. The zero-order valence-electron chi connectivity index (χ0n) is 11.2. The molecular weight excluding hydrogens is 296 g/mol. The van der Waals surface area contributed by atoms with Gasteiger partial charge in [-0.3, -0.25) is 4.79 Å². The van der Waals surface area contributed by atoms with Crippen LogP contribution in [0.2, 0.25) is 5.02 Å². The van der Waals surface area contributed by atoms with E-state index < -0.39 is 0 Å². The third-order valence-corrected chi connectivity index (χ3v) is 3.95. The maximum Gasteiger partial charge on any atom is 0.286 e. The number of rotatable bonds is 5. The molecule has 5 nitrogen and oxygen atoms in total. The van der Waals surface area contributed by atoms with Crippen molar-refractivity contribution < 1.29 is 4.79 Å². The fraction of sp³-hybridized carbons (Fsp3) is 0.308. The predicted octanol–water partition coefficient (Wildman–Crippen LogP) is 3.57. The van der Waals surface area contributed by atoms with Gasteiger partial charge in [0.15, 0.2) is 0 Å². The molecule has 0 atom stereocenters. The molecule has 2 rings (SSSR count). The van der Waals surface area contributed by atoms with Gasteiger partial charge in [-0.25, -0.2) is 0 Å². The summed E-state index contributed by atoms with van der Waals surface area (Å²) in [5.41, 5.74) is 1.51. The molecule has 0 aliphatic carbocycles. The zero-order chi connectivity index (χ0) is 14.5. The largest absolute Gasteiger partial charge is 0.360 e. The molecule has 1 heterocycles. The van der Waals surface area contributed by atoms with Crippen molar-refractivity contribution in [3.05, 3.63) is 33.8 Å². The second-order valence-corrected chi connectivity index (χ2v) is 5.59. The molecule has 2 N–H and O–H groups in total. The summed E-state index contributed by atoms with van der Waals surface area (Å²) >= 11 is 7.25. The molecule has 0 bridgehead atoms. The van der Waals surface area contributed by atoms with Gasteiger partial charge in [0.2, 0.25) is 10.1 Å². The van der Waals surface area contributed by atoms with Crippen molar-refractivity contribution in [3.8, 4) is 0 Å². The maximum absolute atomic E-state index is 12.1. The first kappa shape index (κ1) is 14.7. The lowest BCUT2D eigenvalue weighted by Crippen LogP contribution is -2.12. The molecular formula is C13H15ClN4OS. The van der Waals surface area contributed by atoms with Crippen LogP contribution in [0.1, 0.15) is 28.7 Å². The van der Waals surface area contributed by atoms with Gasteiger partial charge in [0.05, 0.1) is 0 Å². The van der Waals surface area contributed by atoms with E-state index in [1.165, 1.54) is 11.3 Å². The van der Waals surface area contributed by atoms with Crippen LogP contribution < -0.4 is 10.6 Å². The summed E-state index contributed by atoms with van der Waals surface area (Å²) in [6, 6.07) is 5.37. The molecule has 106 valence electrons. The number of aromatic nitrogens is 2. The molecule has 0 saturated heterocycles. The van der Waals surface area contributed by atoms with Gasteiger partial charge < -0.3 is 10.6 Å². The van der Waals surface area contributed by atoms with E-state index in [-0.39, 0.29) is 5.91 Å². The Hall–Kier alpha value is -1.66. The quantitative estimate of drug-likeness (QED) is 0.886. The second kappa shape index (κ2) is 6.67. The van der Waals surface area contributed by atoms with Crippen LogP contribution in [-0.2, 0) is 0 Å². The predicted molar refractivity (Wildman–Crippen MR) is 82.8 cm³/mol. The molecule has 0 aliphatic rings. The Kier molecular flexibility index (Phi) is 4.92. The van der Waals surface area contributed by atoms with Gasteiger partial charge in [-0.1, -0.05) is 35.9 Å². The van der Waals surface area contributed by atoms with Crippen LogP contribution in [0.3, 0.4) is 0 Å². The van der Waals surface area contributed by atoms with E-state index in [0.717, 1.165) is 18.5 Å². The molecule has 1 aromatic heterocycles. The first-order valence-electron chi connectivity index (χ1n) is 6.25. The number of hydrogen-bond donors (Lipinski definition) is 2. The summed E-state index contributed by atoms with van der Waals surface area (Å²) < 4.78 is 0. The van der Waals surface area contributed by atoms with Crippen molar-refractivity contribution in [3.63, 3.8) is 0 Å². The number of nitrogens with one attached hydrogen (secondary N) is 2. The van der Waals surface area contributed by atoms with Crippen LogP contribution in [0.5, 0.6) is 0 Å². The molecule has 0 aliphatic heterocycles. The molecule has 0 fully saturated rings. The Labute approximate surface area is 126 Å². The van der Waals surface area contributed by atoms with Crippen molar-refractivity contribution in [1.29, 1.82) is 0 Å². The van der Waals surface area contributed by atoms with Crippen LogP contribution >= 0.6 is 22.9 Å². The van der Waals surface area contributed by atoms with Crippen molar-refractivity contribution in [1.82, 2.24) is 10.2 Å². The smallest absolute Gasteiger partial charge is 0.286 e. The van der Waals surface area contributed by atoms with Crippen molar-refractivity contribution in [2.75, 3.05) is 17.2 Å². The Bertz CT molecular complexity index is 614. The summed E-state index contributed by atoms with van der Waals surface area (Å²) in [7, 11) is 0. The van der Waals surface area contributed by atoms with Crippen molar-refractivity contribution in [2.24, 2.45) is 0 Å². The van der Waals surface area contributed by atoms with Crippen molar-refractivity contribution >= 4 is 39.7 Å². The van der Waals surface area contributed by atoms with E-state index in [1.807, 2.05) is 6.92 Å². The molecule has 20 heavy (non-hydrogen) atoms. The zero-order valence-corrected chi connectivity index (χ0v) is 12.8. The van der Waals surface area contributed by atoms with E-state index in [0.29, 0.717) is 20.8 Å². The molecule has 1 aromatic carbocycles. The first-order valence-corrected chi connectivity index (χ1v) is 7.45. The SMILES string of the molecule is CCCNc1nnc(C(=O)Nc2cccc(Cl)c2C)s1.